The van der Waals surface area contributed by atoms with Crippen LogP contribution >= 0.6 is 0 Å². The Kier molecular flexibility index (Phi) is 7.77. The number of anilines is 1. The molecule has 1 heterocycles. The van der Waals surface area contributed by atoms with Crippen LogP contribution in [0.25, 0.3) is 0 Å². The number of aliphatic hydroxyl groups is 1. The van der Waals surface area contributed by atoms with Crippen molar-refractivity contribution >= 4 is 23.5 Å². The molecule has 3 aromatic carbocycles. The third kappa shape index (κ3) is 5.97. The lowest BCUT2D eigenvalue weighted by atomic mass is 9.98. The number of aliphatic hydroxyl groups excluding tert-OH is 1. The van der Waals surface area contributed by atoms with Crippen LogP contribution in [0.4, 0.5) is 5.69 Å². The Morgan fingerprint density at radius 1 is 0.944 bits per heavy atom. The molecule has 186 valence electrons. The topological polar surface area (TPSA) is 102 Å². The van der Waals surface area contributed by atoms with Crippen molar-refractivity contribution in [2.45, 2.75) is 39.6 Å². The Bertz CT molecular complexity index is 1270. The second kappa shape index (κ2) is 11.2. The predicted octanol–water partition coefficient (Wildman–Crippen LogP) is 4.34. The van der Waals surface area contributed by atoms with E-state index in [4.69, 9.17) is 14.2 Å². The zero-order valence-corrected chi connectivity index (χ0v) is 20.1. The van der Waals surface area contributed by atoms with Crippen molar-refractivity contribution < 1.29 is 33.7 Å². The third-order valence-electron chi connectivity index (χ3n) is 5.70. The maximum Gasteiger partial charge on any atom is 0.308 e. The SMILES string of the molecule is CC(=O)Oc1ccc(C(=O)N2CCCc3cc(C(O)OCc4ccccc4)ccc32)c(OC(C)=O)c1. The summed E-state index contributed by atoms with van der Waals surface area (Å²) < 4.78 is 16.0. The van der Waals surface area contributed by atoms with E-state index in [0.717, 1.165) is 24.0 Å². The molecule has 4 rings (SSSR count). The van der Waals surface area contributed by atoms with E-state index in [-0.39, 0.29) is 29.6 Å². The summed E-state index contributed by atoms with van der Waals surface area (Å²) in [5.41, 5.74) is 3.34. The van der Waals surface area contributed by atoms with Crippen molar-refractivity contribution in [3.8, 4) is 11.5 Å². The van der Waals surface area contributed by atoms with Gasteiger partial charge in [0.25, 0.3) is 5.91 Å². The third-order valence-corrected chi connectivity index (χ3v) is 5.70. The lowest BCUT2D eigenvalue weighted by Crippen LogP contribution is -2.36. The summed E-state index contributed by atoms with van der Waals surface area (Å²) in [5.74, 6) is -1.30. The number of carbonyl (C=O) groups is 3. The second-order valence-electron chi connectivity index (χ2n) is 8.44. The van der Waals surface area contributed by atoms with Gasteiger partial charge in [-0.3, -0.25) is 14.4 Å². The van der Waals surface area contributed by atoms with Gasteiger partial charge < -0.3 is 24.2 Å². The number of benzene rings is 3. The molecule has 0 saturated carbocycles. The summed E-state index contributed by atoms with van der Waals surface area (Å²) in [5, 5.41) is 10.6. The number of aryl methyl sites for hydroxylation is 1. The Hall–Kier alpha value is -4.01. The summed E-state index contributed by atoms with van der Waals surface area (Å²) in [4.78, 5) is 38.1. The highest BCUT2D eigenvalue weighted by atomic mass is 16.6. The molecule has 1 N–H and O–H groups in total. The number of carbonyl (C=O) groups excluding carboxylic acids is 3. The second-order valence-corrected chi connectivity index (χ2v) is 8.44. The fourth-order valence-corrected chi connectivity index (χ4v) is 4.12. The Labute approximate surface area is 209 Å². The van der Waals surface area contributed by atoms with Crippen molar-refractivity contribution in [2.24, 2.45) is 0 Å². The molecule has 1 atom stereocenters. The van der Waals surface area contributed by atoms with Crippen LogP contribution in [0.1, 0.15) is 53.6 Å². The molecular formula is C28H27NO7. The molecule has 0 aliphatic carbocycles. The monoisotopic (exact) mass is 489 g/mol. The van der Waals surface area contributed by atoms with Gasteiger partial charge in [0.15, 0.2) is 6.29 Å². The molecule has 0 bridgehead atoms. The number of hydrogen-bond acceptors (Lipinski definition) is 7. The van der Waals surface area contributed by atoms with Crippen molar-refractivity contribution in [3.05, 3.63) is 89.0 Å². The van der Waals surface area contributed by atoms with Crippen molar-refractivity contribution in [2.75, 3.05) is 11.4 Å². The largest absolute Gasteiger partial charge is 0.427 e. The van der Waals surface area contributed by atoms with Crippen molar-refractivity contribution in [3.63, 3.8) is 0 Å². The average Bonchev–Trinajstić information content (AvgIpc) is 2.86. The van der Waals surface area contributed by atoms with Gasteiger partial charge in [-0.25, -0.2) is 0 Å². The minimum atomic E-state index is -1.11. The average molecular weight is 490 g/mol. The van der Waals surface area contributed by atoms with Crippen LogP contribution in [0.2, 0.25) is 0 Å². The molecule has 3 aromatic rings. The number of nitrogens with zero attached hydrogens (tertiary/aromatic N) is 1. The van der Waals surface area contributed by atoms with Crippen LogP contribution in [-0.4, -0.2) is 29.5 Å². The van der Waals surface area contributed by atoms with Crippen molar-refractivity contribution in [1.82, 2.24) is 0 Å². The molecule has 36 heavy (non-hydrogen) atoms. The molecule has 0 radical (unpaired) electrons. The first kappa shape index (κ1) is 25.1. The van der Waals surface area contributed by atoms with Gasteiger partial charge in [-0.1, -0.05) is 36.4 Å². The minimum absolute atomic E-state index is 0.0136. The fourth-order valence-electron chi connectivity index (χ4n) is 4.12. The van der Waals surface area contributed by atoms with Crippen LogP contribution in [-0.2, 0) is 27.4 Å². The van der Waals surface area contributed by atoms with Gasteiger partial charge in [0.1, 0.15) is 11.5 Å². The first-order valence-corrected chi connectivity index (χ1v) is 11.6. The molecule has 1 aliphatic heterocycles. The van der Waals surface area contributed by atoms with Crippen LogP contribution in [0, 0.1) is 0 Å². The summed E-state index contributed by atoms with van der Waals surface area (Å²) in [7, 11) is 0. The van der Waals surface area contributed by atoms with Gasteiger partial charge >= 0.3 is 11.9 Å². The fraction of sp³-hybridized carbons (Fsp3) is 0.250. The standard InChI is InChI=1S/C28H27NO7/c1-18(30)35-23-11-12-24(26(16-23)36-19(2)31)27(32)29-14-6-9-21-15-22(10-13-25(21)29)28(33)34-17-20-7-4-3-5-8-20/h3-5,7-8,10-13,15-16,28,33H,6,9,14,17H2,1-2H3. The van der Waals surface area contributed by atoms with Gasteiger partial charge in [-0.05, 0) is 48.2 Å². The first-order chi connectivity index (χ1) is 17.3. The minimum Gasteiger partial charge on any atom is -0.427 e. The van der Waals surface area contributed by atoms with E-state index in [9.17, 15) is 19.5 Å². The zero-order valence-electron chi connectivity index (χ0n) is 20.1. The van der Waals surface area contributed by atoms with E-state index >= 15 is 0 Å². The Morgan fingerprint density at radius 3 is 2.42 bits per heavy atom. The van der Waals surface area contributed by atoms with E-state index in [0.29, 0.717) is 17.8 Å². The highest BCUT2D eigenvalue weighted by Gasteiger charge is 2.27. The summed E-state index contributed by atoms with van der Waals surface area (Å²) in [6, 6.07) is 19.3. The first-order valence-electron chi connectivity index (χ1n) is 11.6. The van der Waals surface area contributed by atoms with Crippen LogP contribution in [0.3, 0.4) is 0 Å². The summed E-state index contributed by atoms with van der Waals surface area (Å²) >= 11 is 0. The maximum atomic E-state index is 13.5. The highest BCUT2D eigenvalue weighted by molar-refractivity contribution is 6.09. The van der Waals surface area contributed by atoms with Gasteiger partial charge in [-0.15, -0.1) is 0 Å². The van der Waals surface area contributed by atoms with Gasteiger partial charge in [0.05, 0.1) is 12.2 Å². The summed E-state index contributed by atoms with van der Waals surface area (Å²) in [6.45, 7) is 3.23. The predicted molar refractivity (Wildman–Crippen MR) is 132 cm³/mol. The molecule has 8 nitrogen and oxygen atoms in total. The number of esters is 2. The van der Waals surface area contributed by atoms with Crippen molar-refractivity contribution in [1.29, 1.82) is 0 Å². The lowest BCUT2D eigenvalue weighted by molar-refractivity contribution is -0.132. The molecule has 1 unspecified atom stereocenters. The Morgan fingerprint density at radius 2 is 1.69 bits per heavy atom. The van der Waals surface area contributed by atoms with Gasteiger partial charge in [0.2, 0.25) is 0 Å². The lowest BCUT2D eigenvalue weighted by Gasteiger charge is -2.30. The molecule has 1 amide bonds. The van der Waals surface area contributed by atoms with E-state index in [1.807, 2.05) is 36.4 Å². The molecule has 0 spiro atoms. The van der Waals surface area contributed by atoms with E-state index in [1.165, 1.54) is 32.0 Å². The quantitative estimate of drug-likeness (QED) is 0.299. The number of fused-ring (bicyclic) bond motifs is 1. The number of amides is 1. The van der Waals surface area contributed by atoms with Crippen LogP contribution < -0.4 is 14.4 Å². The molecule has 1 aliphatic rings. The van der Waals surface area contributed by atoms with Crippen LogP contribution in [0.15, 0.2) is 66.7 Å². The number of rotatable bonds is 7. The molecule has 8 heteroatoms. The molecule has 0 fully saturated rings. The maximum absolute atomic E-state index is 13.5. The van der Waals surface area contributed by atoms with E-state index in [2.05, 4.69) is 0 Å². The van der Waals surface area contributed by atoms with E-state index < -0.39 is 18.2 Å². The zero-order chi connectivity index (χ0) is 25.7. The Balaban J connectivity index is 1.56. The number of hydrogen-bond donors (Lipinski definition) is 1. The number of ether oxygens (including phenoxy) is 3. The normalized spacial score (nSPS) is 13.5. The summed E-state index contributed by atoms with van der Waals surface area (Å²) in [6.07, 6.45) is 0.351. The van der Waals surface area contributed by atoms with Gasteiger partial charge in [0, 0.05) is 37.7 Å². The van der Waals surface area contributed by atoms with E-state index in [1.54, 1.807) is 17.0 Å². The highest BCUT2D eigenvalue weighted by Crippen LogP contribution is 2.34. The smallest absolute Gasteiger partial charge is 0.308 e. The molecule has 0 saturated heterocycles. The van der Waals surface area contributed by atoms with Gasteiger partial charge in [-0.2, -0.15) is 0 Å². The molecule has 0 aromatic heterocycles. The molecular weight excluding hydrogens is 462 g/mol. The van der Waals surface area contributed by atoms with Crippen LogP contribution in [0.5, 0.6) is 11.5 Å².